The number of benzene rings is 1. The van der Waals surface area contributed by atoms with Crippen LogP contribution in [0.25, 0.3) is 0 Å². The van der Waals surface area contributed by atoms with Crippen molar-refractivity contribution in [2.75, 3.05) is 0 Å². The summed E-state index contributed by atoms with van der Waals surface area (Å²) in [5.41, 5.74) is 0.665. The van der Waals surface area contributed by atoms with Gasteiger partial charge in [-0.3, -0.25) is 0 Å². The Morgan fingerprint density at radius 1 is 1.27 bits per heavy atom. The number of hydrogen-bond donors (Lipinski definition) is 1. The number of terminal acetylenes is 1. The standard InChI is InChI=1S/C11H13NO2S/c1-4-10-5-7-11(8-6-10)15(13,14)12-9(2)3/h1,5-9,12H,2-3H3. The van der Waals surface area contributed by atoms with Crippen molar-refractivity contribution in [1.29, 1.82) is 0 Å². The monoisotopic (exact) mass is 223 g/mol. The summed E-state index contributed by atoms with van der Waals surface area (Å²) in [6.45, 7) is 3.54. The van der Waals surface area contributed by atoms with Crippen molar-refractivity contribution < 1.29 is 8.42 Å². The highest BCUT2D eigenvalue weighted by Gasteiger charge is 2.14. The lowest BCUT2D eigenvalue weighted by atomic mass is 10.2. The van der Waals surface area contributed by atoms with E-state index in [1.165, 1.54) is 12.1 Å². The highest BCUT2D eigenvalue weighted by atomic mass is 32.2. The lowest BCUT2D eigenvalue weighted by Crippen LogP contribution is -2.30. The molecule has 0 radical (unpaired) electrons. The van der Waals surface area contributed by atoms with Gasteiger partial charge >= 0.3 is 0 Å². The zero-order chi connectivity index (χ0) is 11.5. The average Bonchev–Trinajstić information content (AvgIpc) is 2.16. The summed E-state index contributed by atoms with van der Waals surface area (Å²) in [6.07, 6.45) is 5.17. The van der Waals surface area contributed by atoms with Crippen molar-refractivity contribution in [2.24, 2.45) is 0 Å². The van der Waals surface area contributed by atoms with Crippen LogP contribution in [-0.4, -0.2) is 14.5 Å². The van der Waals surface area contributed by atoms with E-state index < -0.39 is 10.0 Å². The van der Waals surface area contributed by atoms with Gasteiger partial charge in [0.15, 0.2) is 0 Å². The summed E-state index contributed by atoms with van der Waals surface area (Å²) in [7, 11) is -3.40. The van der Waals surface area contributed by atoms with Crippen LogP contribution in [0.4, 0.5) is 0 Å². The fourth-order valence-corrected chi connectivity index (χ4v) is 2.36. The van der Waals surface area contributed by atoms with Crippen molar-refractivity contribution in [3.05, 3.63) is 29.8 Å². The molecular formula is C11H13NO2S. The Bertz CT molecular complexity index is 466. The second-order valence-electron chi connectivity index (χ2n) is 3.44. The Kier molecular flexibility index (Phi) is 3.51. The van der Waals surface area contributed by atoms with Gasteiger partial charge in [0.25, 0.3) is 0 Å². The smallest absolute Gasteiger partial charge is 0.209 e. The Morgan fingerprint density at radius 3 is 2.20 bits per heavy atom. The minimum atomic E-state index is -3.40. The predicted molar refractivity (Wildman–Crippen MR) is 59.8 cm³/mol. The van der Waals surface area contributed by atoms with Crippen molar-refractivity contribution in [2.45, 2.75) is 24.8 Å². The first kappa shape index (κ1) is 11.8. The van der Waals surface area contributed by atoms with Crippen LogP contribution >= 0.6 is 0 Å². The van der Waals surface area contributed by atoms with Crippen molar-refractivity contribution in [3.63, 3.8) is 0 Å². The van der Waals surface area contributed by atoms with Crippen LogP contribution in [0, 0.1) is 12.3 Å². The number of rotatable bonds is 3. The Hall–Kier alpha value is -1.31. The summed E-state index contributed by atoms with van der Waals surface area (Å²) in [6, 6.07) is 6.09. The lowest BCUT2D eigenvalue weighted by Gasteiger charge is -2.09. The number of nitrogens with one attached hydrogen (secondary N) is 1. The highest BCUT2D eigenvalue weighted by Crippen LogP contribution is 2.10. The molecule has 3 nitrogen and oxygen atoms in total. The summed E-state index contributed by atoms with van der Waals surface area (Å²) in [5, 5.41) is 0. The number of sulfonamides is 1. The molecule has 0 fully saturated rings. The summed E-state index contributed by atoms with van der Waals surface area (Å²) in [4.78, 5) is 0.232. The quantitative estimate of drug-likeness (QED) is 0.786. The Labute approximate surface area is 90.6 Å². The molecule has 0 aromatic heterocycles. The van der Waals surface area contributed by atoms with E-state index in [0.29, 0.717) is 5.56 Å². The largest absolute Gasteiger partial charge is 0.240 e. The van der Waals surface area contributed by atoms with Crippen molar-refractivity contribution in [3.8, 4) is 12.3 Å². The highest BCUT2D eigenvalue weighted by molar-refractivity contribution is 7.89. The molecule has 0 atom stereocenters. The van der Waals surface area contributed by atoms with E-state index in [1.54, 1.807) is 26.0 Å². The molecule has 0 amide bonds. The molecule has 1 aromatic carbocycles. The zero-order valence-corrected chi connectivity index (χ0v) is 9.51. The first-order valence-electron chi connectivity index (χ1n) is 4.54. The van der Waals surface area contributed by atoms with Gasteiger partial charge in [0.05, 0.1) is 4.90 Å². The zero-order valence-electron chi connectivity index (χ0n) is 8.69. The topological polar surface area (TPSA) is 46.2 Å². The van der Waals surface area contributed by atoms with Crippen LogP contribution in [0.1, 0.15) is 19.4 Å². The molecule has 15 heavy (non-hydrogen) atoms. The third-order valence-corrected chi connectivity index (χ3v) is 3.40. The van der Waals surface area contributed by atoms with Gasteiger partial charge in [0.2, 0.25) is 10.0 Å². The van der Waals surface area contributed by atoms with Crippen LogP contribution in [0.2, 0.25) is 0 Å². The van der Waals surface area contributed by atoms with E-state index >= 15 is 0 Å². The fourth-order valence-electron chi connectivity index (χ4n) is 1.11. The molecule has 0 aliphatic carbocycles. The van der Waals surface area contributed by atoms with Crippen molar-refractivity contribution in [1.82, 2.24) is 4.72 Å². The van der Waals surface area contributed by atoms with Crippen molar-refractivity contribution >= 4 is 10.0 Å². The molecule has 4 heteroatoms. The van der Waals surface area contributed by atoms with E-state index in [9.17, 15) is 8.42 Å². The first-order chi connectivity index (χ1) is 6.95. The van der Waals surface area contributed by atoms with Gasteiger partial charge in [-0.2, -0.15) is 0 Å². The third kappa shape index (κ3) is 3.08. The summed E-state index contributed by atoms with van der Waals surface area (Å²) >= 11 is 0. The van der Waals surface area contributed by atoms with Gasteiger partial charge in [-0.25, -0.2) is 13.1 Å². The summed E-state index contributed by atoms with van der Waals surface area (Å²) in [5.74, 6) is 2.43. The Balaban J connectivity index is 3.02. The minimum absolute atomic E-state index is 0.123. The van der Waals surface area contributed by atoms with Gasteiger partial charge in [-0.05, 0) is 38.1 Å². The van der Waals surface area contributed by atoms with Crippen LogP contribution in [0.5, 0.6) is 0 Å². The molecule has 0 spiro atoms. The Morgan fingerprint density at radius 2 is 1.80 bits per heavy atom. The van der Waals surface area contributed by atoms with Gasteiger partial charge in [-0.1, -0.05) is 5.92 Å². The van der Waals surface area contributed by atoms with E-state index in [-0.39, 0.29) is 10.9 Å². The van der Waals surface area contributed by atoms with Gasteiger partial charge in [-0.15, -0.1) is 6.42 Å². The van der Waals surface area contributed by atoms with E-state index in [4.69, 9.17) is 6.42 Å². The van der Waals surface area contributed by atoms with Gasteiger partial charge < -0.3 is 0 Å². The maximum Gasteiger partial charge on any atom is 0.240 e. The van der Waals surface area contributed by atoms with E-state index in [2.05, 4.69) is 10.6 Å². The summed E-state index contributed by atoms with van der Waals surface area (Å²) < 4.78 is 25.9. The molecule has 0 unspecified atom stereocenters. The molecule has 80 valence electrons. The van der Waals surface area contributed by atoms with E-state index in [1.807, 2.05) is 0 Å². The SMILES string of the molecule is C#Cc1ccc(S(=O)(=O)NC(C)C)cc1. The average molecular weight is 223 g/mol. The normalized spacial score (nSPS) is 11.3. The third-order valence-electron chi connectivity index (χ3n) is 1.72. The number of hydrogen-bond acceptors (Lipinski definition) is 2. The molecule has 1 aromatic rings. The van der Waals surface area contributed by atoms with Crippen LogP contribution in [0.15, 0.2) is 29.2 Å². The van der Waals surface area contributed by atoms with Gasteiger partial charge in [0, 0.05) is 11.6 Å². The molecular weight excluding hydrogens is 210 g/mol. The fraction of sp³-hybridized carbons (Fsp3) is 0.273. The molecule has 1 N–H and O–H groups in total. The van der Waals surface area contributed by atoms with Gasteiger partial charge in [0.1, 0.15) is 0 Å². The maximum absolute atomic E-state index is 11.7. The molecule has 0 saturated heterocycles. The van der Waals surface area contributed by atoms with Crippen LogP contribution in [0.3, 0.4) is 0 Å². The maximum atomic E-state index is 11.7. The second kappa shape index (κ2) is 4.47. The minimum Gasteiger partial charge on any atom is -0.209 e. The molecule has 0 heterocycles. The molecule has 1 rings (SSSR count). The first-order valence-corrected chi connectivity index (χ1v) is 6.03. The molecule has 0 saturated carbocycles. The van der Waals surface area contributed by atoms with Crippen LogP contribution < -0.4 is 4.72 Å². The second-order valence-corrected chi connectivity index (χ2v) is 5.16. The van der Waals surface area contributed by atoms with E-state index in [0.717, 1.165) is 0 Å². The molecule has 0 bridgehead atoms. The molecule has 0 aliphatic rings. The van der Waals surface area contributed by atoms with Crippen LogP contribution in [-0.2, 0) is 10.0 Å². The predicted octanol–water partition coefficient (Wildman–Crippen LogP) is 1.35. The molecule has 0 aliphatic heterocycles. The lowest BCUT2D eigenvalue weighted by molar-refractivity contribution is 0.570.